The van der Waals surface area contributed by atoms with Crippen molar-refractivity contribution < 1.29 is 0 Å². The van der Waals surface area contributed by atoms with Crippen LogP contribution in [0.25, 0.3) is 31.7 Å². The van der Waals surface area contributed by atoms with E-state index in [1.165, 1.54) is 11.3 Å². The van der Waals surface area contributed by atoms with Crippen LogP contribution in [0, 0.1) is 0 Å². The summed E-state index contributed by atoms with van der Waals surface area (Å²) in [4.78, 5) is 14.8. The van der Waals surface area contributed by atoms with Gasteiger partial charge >= 0.3 is 0 Å². The smallest absolute Gasteiger partial charge is 0.189 e. The molecule has 0 aliphatic heterocycles. The van der Waals surface area contributed by atoms with Gasteiger partial charge in [-0.05, 0) is 17.4 Å². The second-order valence-corrected chi connectivity index (χ2v) is 8.21. The van der Waals surface area contributed by atoms with Crippen LogP contribution in [-0.4, -0.2) is 20.7 Å². The zero-order valence-electron chi connectivity index (χ0n) is 13.3. The molecular weight excluding hydrogens is 393 g/mol. The number of thiophene rings is 1. The highest BCUT2D eigenvalue weighted by molar-refractivity contribution is 7.99. The number of nitrogens with zero attached hydrogens (tertiary/aromatic N) is 3. The maximum Gasteiger partial charge on any atom is 0.189 e. The van der Waals surface area contributed by atoms with E-state index in [1.54, 1.807) is 11.8 Å². The minimum atomic E-state index is 0.391. The zero-order valence-corrected chi connectivity index (χ0v) is 16.4. The van der Waals surface area contributed by atoms with Gasteiger partial charge in [-0.2, -0.15) is 0 Å². The molecule has 0 N–H and O–H groups in total. The minimum Gasteiger partial charge on any atom is -0.237 e. The summed E-state index contributed by atoms with van der Waals surface area (Å²) in [5.74, 6) is 1.28. The molecule has 0 saturated heterocycles. The van der Waals surface area contributed by atoms with Crippen LogP contribution in [0.5, 0.6) is 0 Å². The van der Waals surface area contributed by atoms with Crippen LogP contribution in [0.15, 0.2) is 41.6 Å². The standard InChI is InChI=1S/C18H13Cl2N3S2/c1-2-24-18-22-14-13-11(9-19)8-12(10-6-4-3-5-7-10)21-17(13)25-15(14)16(20)23-18/h3-8H,2,9H2,1H3. The number of hydrogen-bond acceptors (Lipinski definition) is 5. The first kappa shape index (κ1) is 17.0. The molecule has 1 aromatic carbocycles. The van der Waals surface area contributed by atoms with E-state index in [4.69, 9.17) is 33.2 Å². The van der Waals surface area contributed by atoms with Crippen molar-refractivity contribution in [2.24, 2.45) is 0 Å². The fourth-order valence-electron chi connectivity index (χ4n) is 2.72. The summed E-state index contributed by atoms with van der Waals surface area (Å²) in [5, 5.41) is 2.15. The van der Waals surface area contributed by atoms with E-state index in [0.29, 0.717) is 16.2 Å². The number of pyridine rings is 1. The van der Waals surface area contributed by atoms with E-state index >= 15 is 0 Å². The molecule has 4 rings (SSSR count). The number of alkyl halides is 1. The number of thioether (sulfide) groups is 1. The molecule has 3 heterocycles. The van der Waals surface area contributed by atoms with Gasteiger partial charge in [-0.15, -0.1) is 22.9 Å². The van der Waals surface area contributed by atoms with Gasteiger partial charge in [-0.3, -0.25) is 0 Å². The van der Waals surface area contributed by atoms with Crippen molar-refractivity contribution in [3.8, 4) is 11.3 Å². The third-order valence-electron chi connectivity index (χ3n) is 3.79. The number of fused-ring (bicyclic) bond motifs is 3. The average Bonchev–Trinajstić information content (AvgIpc) is 3.01. The summed E-state index contributed by atoms with van der Waals surface area (Å²) in [5.41, 5.74) is 3.83. The van der Waals surface area contributed by atoms with E-state index in [2.05, 4.69) is 11.9 Å². The number of rotatable bonds is 4. The van der Waals surface area contributed by atoms with Gasteiger partial charge in [0.25, 0.3) is 0 Å². The summed E-state index contributed by atoms with van der Waals surface area (Å²) >= 11 is 15.8. The Kier molecular flexibility index (Phi) is 4.82. The van der Waals surface area contributed by atoms with Crippen molar-refractivity contribution in [1.82, 2.24) is 15.0 Å². The van der Waals surface area contributed by atoms with Crippen molar-refractivity contribution in [3.63, 3.8) is 0 Å². The summed E-state index contributed by atoms with van der Waals surface area (Å²) in [6.07, 6.45) is 0. The topological polar surface area (TPSA) is 38.7 Å². The monoisotopic (exact) mass is 405 g/mol. The Morgan fingerprint density at radius 3 is 2.64 bits per heavy atom. The van der Waals surface area contributed by atoms with Gasteiger partial charge in [-0.25, -0.2) is 15.0 Å². The number of benzene rings is 1. The van der Waals surface area contributed by atoms with Crippen molar-refractivity contribution >= 4 is 66.7 Å². The number of hydrogen-bond donors (Lipinski definition) is 0. The first-order chi connectivity index (χ1) is 12.2. The van der Waals surface area contributed by atoms with Gasteiger partial charge in [0.1, 0.15) is 4.83 Å². The molecule has 0 spiro atoms. The average molecular weight is 406 g/mol. The molecule has 0 saturated carbocycles. The molecule has 0 aliphatic rings. The lowest BCUT2D eigenvalue weighted by molar-refractivity contribution is 1.01. The molecule has 0 atom stereocenters. The van der Waals surface area contributed by atoms with E-state index < -0.39 is 0 Å². The highest BCUT2D eigenvalue weighted by atomic mass is 35.5. The van der Waals surface area contributed by atoms with Crippen LogP contribution in [0.3, 0.4) is 0 Å². The van der Waals surface area contributed by atoms with Crippen LogP contribution < -0.4 is 0 Å². The maximum absolute atomic E-state index is 6.41. The Morgan fingerprint density at radius 1 is 1.12 bits per heavy atom. The molecule has 0 bridgehead atoms. The van der Waals surface area contributed by atoms with E-state index in [9.17, 15) is 0 Å². The van der Waals surface area contributed by atoms with Gasteiger partial charge in [-0.1, -0.05) is 60.6 Å². The van der Waals surface area contributed by atoms with Crippen LogP contribution >= 0.6 is 46.3 Å². The highest BCUT2D eigenvalue weighted by Crippen LogP contribution is 2.39. The molecule has 0 radical (unpaired) electrons. The molecule has 25 heavy (non-hydrogen) atoms. The molecule has 7 heteroatoms. The Hall–Kier alpha value is -1.40. The Labute approximate surface area is 163 Å². The van der Waals surface area contributed by atoms with Crippen LogP contribution in [0.2, 0.25) is 5.15 Å². The fourth-order valence-corrected chi connectivity index (χ4v) is 4.87. The van der Waals surface area contributed by atoms with Crippen LogP contribution in [-0.2, 0) is 5.88 Å². The predicted molar refractivity (Wildman–Crippen MR) is 109 cm³/mol. The minimum absolute atomic E-state index is 0.391. The van der Waals surface area contributed by atoms with Crippen molar-refractivity contribution in [1.29, 1.82) is 0 Å². The second-order valence-electron chi connectivity index (χ2n) is 5.36. The van der Waals surface area contributed by atoms with E-state index in [1.807, 2.05) is 36.4 Å². The van der Waals surface area contributed by atoms with Crippen LogP contribution in [0.1, 0.15) is 12.5 Å². The van der Waals surface area contributed by atoms with Gasteiger partial charge in [0.15, 0.2) is 10.3 Å². The normalized spacial score (nSPS) is 11.5. The summed E-state index contributed by atoms with van der Waals surface area (Å²) in [6, 6.07) is 12.1. The largest absolute Gasteiger partial charge is 0.237 e. The lowest BCUT2D eigenvalue weighted by Gasteiger charge is -2.05. The van der Waals surface area contributed by atoms with E-state index in [0.717, 1.165) is 43.0 Å². The van der Waals surface area contributed by atoms with E-state index in [-0.39, 0.29) is 0 Å². The van der Waals surface area contributed by atoms with Crippen LogP contribution in [0.4, 0.5) is 0 Å². The molecule has 0 aliphatic carbocycles. The Morgan fingerprint density at radius 2 is 1.92 bits per heavy atom. The molecule has 0 fully saturated rings. The SMILES string of the molecule is CCSc1nc(Cl)c2sc3nc(-c4ccccc4)cc(CCl)c3c2n1. The maximum atomic E-state index is 6.41. The Balaban J connectivity index is 2.02. The van der Waals surface area contributed by atoms with Crippen molar-refractivity contribution in [2.75, 3.05) is 5.75 Å². The molecule has 0 unspecified atom stereocenters. The molecular formula is C18H13Cl2N3S2. The fraction of sp³-hybridized carbons (Fsp3) is 0.167. The van der Waals surface area contributed by atoms with Gasteiger partial charge in [0.05, 0.1) is 15.9 Å². The number of halogens is 2. The van der Waals surface area contributed by atoms with Crippen molar-refractivity contribution in [3.05, 3.63) is 47.1 Å². The summed E-state index contributed by atoms with van der Waals surface area (Å²) in [6.45, 7) is 2.07. The zero-order chi connectivity index (χ0) is 17.4. The van der Waals surface area contributed by atoms with Gasteiger partial charge in [0.2, 0.25) is 0 Å². The molecule has 3 nitrogen and oxygen atoms in total. The first-order valence-electron chi connectivity index (χ1n) is 7.75. The summed E-state index contributed by atoms with van der Waals surface area (Å²) < 4.78 is 0.862. The molecule has 4 aromatic rings. The van der Waals surface area contributed by atoms with Gasteiger partial charge in [0, 0.05) is 16.8 Å². The summed E-state index contributed by atoms with van der Waals surface area (Å²) in [7, 11) is 0. The molecule has 3 aromatic heterocycles. The second kappa shape index (κ2) is 7.08. The highest BCUT2D eigenvalue weighted by Gasteiger charge is 2.18. The lowest BCUT2D eigenvalue weighted by atomic mass is 10.1. The third kappa shape index (κ3) is 3.10. The molecule has 126 valence electrons. The van der Waals surface area contributed by atoms with Crippen molar-refractivity contribution in [2.45, 2.75) is 18.0 Å². The quantitative estimate of drug-likeness (QED) is 0.170. The van der Waals surface area contributed by atoms with Gasteiger partial charge < -0.3 is 0 Å². The lowest BCUT2D eigenvalue weighted by Crippen LogP contribution is -1.91. The number of aromatic nitrogens is 3. The first-order valence-corrected chi connectivity index (χ1v) is 10.5. The third-order valence-corrected chi connectivity index (χ3v) is 6.28. The predicted octanol–water partition coefficient (Wildman–Crippen LogP) is 6.41. The Bertz CT molecular complexity index is 1060. The molecule has 0 amide bonds.